The third-order valence-corrected chi connectivity index (χ3v) is 5.18. The summed E-state index contributed by atoms with van der Waals surface area (Å²) in [5.41, 5.74) is 6.22. The number of benzene rings is 1. The van der Waals surface area contributed by atoms with Crippen LogP contribution in [0.2, 0.25) is 0 Å². The molecule has 0 saturated carbocycles. The summed E-state index contributed by atoms with van der Waals surface area (Å²) in [6.07, 6.45) is 6.22. The van der Waals surface area contributed by atoms with Crippen LogP contribution in [-0.2, 0) is 14.3 Å². The summed E-state index contributed by atoms with van der Waals surface area (Å²) < 4.78 is 4.79. The van der Waals surface area contributed by atoms with Gasteiger partial charge in [0.15, 0.2) is 6.61 Å². The molecule has 6 heteroatoms. The Bertz CT molecular complexity index is 813. The number of piperidine rings is 1. The van der Waals surface area contributed by atoms with Crippen molar-refractivity contribution in [1.29, 1.82) is 0 Å². The average molecular weight is 369 g/mol. The highest BCUT2D eigenvalue weighted by molar-refractivity contribution is 5.92. The number of carbonyl (C=O) groups excluding carboxylic acids is 2. The Morgan fingerprint density at radius 1 is 1.26 bits per heavy atom. The molecule has 1 aliphatic rings. The Balaban J connectivity index is 1.48. The minimum Gasteiger partial charge on any atom is -0.456 e. The number of aryl methyl sites for hydroxylation is 1. The second-order valence-corrected chi connectivity index (χ2v) is 7.31. The van der Waals surface area contributed by atoms with Gasteiger partial charge in [0.2, 0.25) is 0 Å². The molecule has 0 aliphatic carbocycles. The maximum atomic E-state index is 11.5. The van der Waals surface area contributed by atoms with E-state index in [-0.39, 0.29) is 12.6 Å². The standard InChI is InChI=1S/C21H27N3O3/c1-15-5-6-18-17(13-15)7-10-23-21(18)24-11-8-16(9-12-24)3-2-4-20(26)27-14-19(22)25/h5-7,10,13,16H,2-4,8-9,11-12,14H2,1H3,(H2,22,25). The molecule has 1 aliphatic heterocycles. The van der Waals surface area contributed by atoms with Gasteiger partial charge in [0.25, 0.3) is 5.91 Å². The first kappa shape index (κ1) is 19.1. The molecule has 0 bridgehead atoms. The predicted octanol–water partition coefficient (Wildman–Crippen LogP) is 2.96. The number of nitrogens with two attached hydrogens (primary N) is 1. The number of esters is 1. The molecule has 1 saturated heterocycles. The lowest BCUT2D eigenvalue weighted by atomic mass is 9.91. The average Bonchev–Trinajstić information content (AvgIpc) is 2.66. The lowest BCUT2D eigenvalue weighted by Gasteiger charge is -2.33. The molecule has 0 spiro atoms. The van der Waals surface area contributed by atoms with Crippen LogP contribution in [0.25, 0.3) is 10.8 Å². The molecule has 144 valence electrons. The van der Waals surface area contributed by atoms with Crippen LogP contribution in [0.1, 0.15) is 37.7 Å². The summed E-state index contributed by atoms with van der Waals surface area (Å²) in [6, 6.07) is 8.56. The summed E-state index contributed by atoms with van der Waals surface area (Å²) >= 11 is 0. The zero-order valence-electron chi connectivity index (χ0n) is 15.8. The number of primary amides is 1. The molecule has 2 aromatic rings. The summed E-state index contributed by atoms with van der Waals surface area (Å²) in [5, 5.41) is 2.44. The molecule has 0 unspecified atom stereocenters. The van der Waals surface area contributed by atoms with E-state index in [0.29, 0.717) is 12.3 Å². The second kappa shape index (κ2) is 8.84. The Morgan fingerprint density at radius 2 is 2.04 bits per heavy atom. The Morgan fingerprint density at radius 3 is 2.78 bits per heavy atom. The quantitative estimate of drug-likeness (QED) is 0.759. The van der Waals surface area contributed by atoms with Crippen molar-refractivity contribution in [3.05, 3.63) is 36.0 Å². The van der Waals surface area contributed by atoms with E-state index < -0.39 is 5.91 Å². The fourth-order valence-electron chi connectivity index (χ4n) is 3.73. The molecular weight excluding hydrogens is 342 g/mol. The number of pyridine rings is 1. The van der Waals surface area contributed by atoms with Crippen molar-refractivity contribution in [2.45, 2.75) is 39.0 Å². The maximum absolute atomic E-state index is 11.5. The van der Waals surface area contributed by atoms with Crippen molar-refractivity contribution in [3.63, 3.8) is 0 Å². The smallest absolute Gasteiger partial charge is 0.306 e. The van der Waals surface area contributed by atoms with E-state index in [4.69, 9.17) is 10.5 Å². The van der Waals surface area contributed by atoms with Gasteiger partial charge in [0.1, 0.15) is 5.82 Å². The minimum absolute atomic E-state index is 0.325. The Hall–Kier alpha value is -2.63. The molecule has 1 aromatic heterocycles. The van der Waals surface area contributed by atoms with E-state index in [1.807, 2.05) is 6.20 Å². The number of aromatic nitrogens is 1. The van der Waals surface area contributed by atoms with Crippen LogP contribution in [0.3, 0.4) is 0 Å². The predicted molar refractivity (Wildman–Crippen MR) is 105 cm³/mol. The van der Waals surface area contributed by atoms with Crippen molar-refractivity contribution in [1.82, 2.24) is 4.98 Å². The largest absolute Gasteiger partial charge is 0.456 e. The summed E-state index contributed by atoms with van der Waals surface area (Å²) in [4.78, 5) is 29.1. The third kappa shape index (κ3) is 5.18. The highest BCUT2D eigenvalue weighted by Gasteiger charge is 2.21. The molecule has 1 aromatic carbocycles. The summed E-state index contributed by atoms with van der Waals surface area (Å²) in [7, 11) is 0. The van der Waals surface area contributed by atoms with Crippen LogP contribution in [0, 0.1) is 12.8 Å². The molecule has 3 rings (SSSR count). The number of amides is 1. The van der Waals surface area contributed by atoms with Gasteiger partial charge in [-0.25, -0.2) is 4.98 Å². The van der Waals surface area contributed by atoms with Gasteiger partial charge >= 0.3 is 5.97 Å². The van der Waals surface area contributed by atoms with Crippen molar-refractivity contribution >= 4 is 28.5 Å². The molecule has 0 atom stereocenters. The number of rotatable bonds is 7. The van der Waals surface area contributed by atoms with Crippen LogP contribution in [-0.4, -0.2) is 36.6 Å². The Labute approximate surface area is 159 Å². The number of hydrogen-bond donors (Lipinski definition) is 1. The van der Waals surface area contributed by atoms with Gasteiger partial charge in [-0.15, -0.1) is 0 Å². The molecule has 2 N–H and O–H groups in total. The number of carbonyl (C=O) groups is 2. The van der Waals surface area contributed by atoms with Gasteiger partial charge in [0, 0.05) is 31.1 Å². The van der Waals surface area contributed by atoms with Gasteiger partial charge in [-0.05, 0) is 50.0 Å². The van der Waals surface area contributed by atoms with E-state index in [0.717, 1.165) is 44.6 Å². The summed E-state index contributed by atoms with van der Waals surface area (Å²) in [5.74, 6) is 0.720. The van der Waals surface area contributed by atoms with Gasteiger partial charge < -0.3 is 15.4 Å². The first-order valence-electron chi connectivity index (χ1n) is 9.57. The number of fused-ring (bicyclic) bond motifs is 1. The normalized spacial score (nSPS) is 15.1. The van der Waals surface area contributed by atoms with Crippen LogP contribution >= 0.6 is 0 Å². The van der Waals surface area contributed by atoms with E-state index in [1.54, 1.807) is 0 Å². The van der Waals surface area contributed by atoms with E-state index in [9.17, 15) is 9.59 Å². The van der Waals surface area contributed by atoms with Crippen LogP contribution < -0.4 is 10.6 Å². The number of anilines is 1. The van der Waals surface area contributed by atoms with Gasteiger partial charge in [-0.2, -0.15) is 0 Å². The highest BCUT2D eigenvalue weighted by Crippen LogP contribution is 2.30. The molecule has 1 amide bonds. The topological polar surface area (TPSA) is 85.5 Å². The SMILES string of the molecule is Cc1ccc2c(N3CCC(CCCC(=O)OCC(N)=O)CC3)nccc2c1. The van der Waals surface area contributed by atoms with Gasteiger partial charge in [0.05, 0.1) is 0 Å². The van der Waals surface area contributed by atoms with E-state index >= 15 is 0 Å². The number of ether oxygens (including phenoxy) is 1. The van der Waals surface area contributed by atoms with Gasteiger partial charge in [-0.3, -0.25) is 9.59 Å². The van der Waals surface area contributed by atoms with Crippen molar-refractivity contribution in [2.75, 3.05) is 24.6 Å². The second-order valence-electron chi connectivity index (χ2n) is 7.31. The molecule has 2 heterocycles. The first-order valence-corrected chi connectivity index (χ1v) is 9.57. The zero-order chi connectivity index (χ0) is 19.2. The molecule has 27 heavy (non-hydrogen) atoms. The summed E-state index contributed by atoms with van der Waals surface area (Å²) in [6.45, 7) is 3.75. The maximum Gasteiger partial charge on any atom is 0.306 e. The van der Waals surface area contributed by atoms with E-state index in [2.05, 4.69) is 41.1 Å². The van der Waals surface area contributed by atoms with Crippen molar-refractivity contribution < 1.29 is 14.3 Å². The third-order valence-electron chi connectivity index (χ3n) is 5.18. The Kier molecular flexibility index (Phi) is 6.27. The fraction of sp³-hybridized carbons (Fsp3) is 0.476. The van der Waals surface area contributed by atoms with Crippen LogP contribution in [0.15, 0.2) is 30.5 Å². The highest BCUT2D eigenvalue weighted by atomic mass is 16.5. The molecule has 0 radical (unpaired) electrons. The zero-order valence-corrected chi connectivity index (χ0v) is 15.8. The van der Waals surface area contributed by atoms with Crippen molar-refractivity contribution in [3.8, 4) is 0 Å². The number of nitrogens with zero attached hydrogens (tertiary/aromatic N) is 2. The first-order chi connectivity index (χ1) is 13.0. The monoisotopic (exact) mass is 369 g/mol. The van der Waals surface area contributed by atoms with E-state index in [1.165, 1.54) is 16.3 Å². The molecule has 1 fully saturated rings. The lowest BCUT2D eigenvalue weighted by molar-refractivity contribution is -0.147. The van der Waals surface area contributed by atoms with Crippen LogP contribution in [0.4, 0.5) is 5.82 Å². The number of hydrogen-bond acceptors (Lipinski definition) is 5. The van der Waals surface area contributed by atoms with Crippen molar-refractivity contribution in [2.24, 2.45) is 11.7 Å². The van der Waals surface area contributed by atoms with Gasteiger partial charge in [-0.1, -0.05) is 23.8 Å². The molecule has 6 nitrogen and oxygen atoms in total. The lowest BCUT2D eigenvalue weighted by Crippen LogP contribution is -2.34. The molecular formula is C21H27N3O3. The minimum atomic E-state index is -0.618. The van der Waals surface area contributed by atoms with Crippen LogP contribution in [0.5, 0.6) is 0 Å². The fourth-order valence-corrected chi connectivity index (χ4v) is 3.73.